The average Bonchev–Trinajstić information content (AvgIpc) is 1.86. The highest BCUT2D eigenvalue weighted by atomic mass is 16.5. The third kappa shape index (κ3) is 3.83. The Bertz CT molecular complexity index is 248. The molecule has 4 heteroatoms. The molecule has 0 N–H and O–H groups in total. The molecule has 4 nitrogen and oxygen atoms in total. The summed E-state index contributed by atoms with van der Waals surface area (Å²) in [6, 6.07) is 0. The lowest BCUT2D eigenvalue weighted by atomic mass is 10.5. The molecule has 0 fully saturated rings. The normalized spacial score (nSPS) is 7.73. The van der Waals surface area contributed by atoms with Gasteiger partial charge in [-0.25, -0.2) is 0 Å². The molecular formula is C7H7NO3. The Morgan fingerprint density at radius 1 is 1.55 bits per heavy atom. The first-order valence-corrected chi connectivity index (χ1v) is 2.72. The van der Waals surface area contributed by atoms with E-state index in [1.165, 1.54) is 0 Å². The number of esters is 1. The zero-order valence-corrected chi connectivity index (χ0v) is 6.09. The van der Waals surface area contributed by atoms with Crippen LogP contribution in [0.5, 0.6) is 0 Å². The third-order valence-corrected chi connectivity index (χ3v) is 0.686. The number of amides is 1. The van der Waals surface area contributed by atoms with E-state index in [9.17, 15) is 9.59 Å². The van der Waals surface area contributed by atoms with Gasteiger partial charge in [0.25, 0.3) is 0 Å². The molecule has 0 saturated carbocycles. The molecule has 0 bridgehead atoms. The van der Waals surface area contributed by atoms with Crippen molar-refractivity contribution in [3.05, 3.63) is 18.9 Å². The summed E-state index contributed by atoms with van der Waals surface area (Å²) in [4.78, 5) is 24.0. The highest BCUT2D eigenvalue weighted by Crippen LogP contribution is 1.95. The molecule has 0 saturated heterocycles. The molecule has 0 radical (unpaired) electrons. The van der Waals surface area contributed by atoms with E-state index in [4.69, 9.17) is 0 Å². The van der Waals surface area contributed by atoms with Gasteiger partial charge in [-0.15, -0.1) is 0 Å². The number of aliphatic imine (C=N–C) groups is 1. The van der Waals surface area contributed by atoms with E-state index in [1.807, 2.05) is 5.87 Å². The molecule has 0 aromatic heterocycles. The Hall–Kier alpha value is -1.67. The van der Waals surface area contributed by atoms with Crippen LogP contribution in [0.15, 0.2) is 23.9 Å². The van der Waals surface area contributed by atoms with Gasteiger partial charge in [0.1, 0.15) is 0 Å². The molecule has 0 aromatic rings. The van der Waals surface area contributed by atoms with E-state index < -0.39 is 11.9 Å². The molecule has 1 amide bonds. The maximum Gasteiger partial charge on any atom is 0.320 e. The standard InChI is InChI=1S/C7H7NO3/c1-4-8-7(10)5(2)11-6(3)9/h1-2H2,3H3. The molecule has 0 atom stereocenters. The first-order valence-electron chi connectivity index (χ1n) is 2.72. The van der Waals surface area contributed by atoms with Gasteiger partial charge in [0.15, 0.2) is 5.76 Å². The molecule has 0 aromatic carbocycles. The molecule has 11 heavy (non-hydrogen) atoms. The van der Waals surface area contributed by atoms with Crippen molar-refractivity contribution in [1.29, 1.82) is 0 Å². The Balaban J connectivity index is 4.15. The summed E-state index contributed by atoms with van der Waals surface area (Å²) in [5.41, 5.74) is 0. The minimum absolute atomic E-state index is 0.325. The largest absolute Gasteiger partial charge is 0.421 e. The topological polar surface area (TPSA) is 55.7 Å². The van der Waals surface area contributed by atoms with Gasteiger partial charge in [0, 0.05) is 6.92 Å². The van der Waals surface area contributed by atoms with E-state index in [2.05, 4.69) is 22.9 Å². The predicted molar refractivity (Wildman–Crippen MR) is 39.0 cm³/mol. The van der Waals surface area contributed by atoms with Gasteiger partial charge in [-0.05, 0) is 19.0 Å². The van der Waals surface area contributed by atoms with Crippen molar-refractivity contribution in [1.82, 2.24) is 0 Å². The molecule has 0 rings (SSSR count). The van der Waals surface area contributed by atoms with Gasteiger partial charge in [0.05, 0.1) is 0 Å². The lowest BCUT2D eigenvalue weighted by Gasteiger charge is -1.97. The van der Waals surface area contributed by atoms with Crippen LogP contribution in [-0.4, -0.2) is 17.7 Å². The van der Waals surface area contributed by atoms with Gasteiger partial charge in [-0.3, -0.25) is 9.59 Å². The third-order valence-electron chi connectivity index (χ3n) is 0.686. The molecule has 0 aliphatic carbocycles. The second-order valence-electron chi connectivity index (χ2n) is 1.59. The quantitative estimate of drug-likeness (QED) is 0.250. The van der Waals surface area contributed by atoms with Crippen LogP contribution in [0.3, 0.4) is 0 Å². The van der Waals surface area contributed by atoms with Crippen molar-refractivity contribution in [3.8, 4) is 0 Å². The zero-order valence-electron chi connectivity index (χ0n) is 6.09. The Labute approximate surface area is 63.9 Å². The smallest absolute Gasteiger partial charge is 0.320 e. The van der Waals surface area contributed by atoms with Crippen molar-refractivity contribution in [2.75, 3.05) is 0 Å². The monoisotopic (exact) mass is 153 g/mol. The lowest BCUT2D eigenvalue weighted by Crippen LogP contribution is -2.05. The summed E-state index contributed by atoms with van der Waals surface area (Å²) in [7, 11) is 0. The minimum Gasteiger partial charge on any atom is -0.421 e. The predicted octanol–water partition coefficient (Wildman–Crippen LogP) is 0.445. The summed E-state index contributed by atoms with van der Waals surface area (Å²) in [5, 5.41) is 0. The fraction of sp³-hybridized carbons (Fsp3) is 0.143. The van der Waals surface area contributed by atoms with E-state index in [0.717, 1.165) is 6.92 Å². The van der Waals surface area contributed by atoms with Gasteiger partial charge in [-0.2, -0.15) is 4.99 Å². The molecule has 58 valence electrons. The van der Waals surface area contributed by atoms with Gasteiger partial charge in [0.2, 0.25) is 0 Å². The van der Waals surface area contributed by atoms with Crippen LogP contribution in [0, 0.1) is 0 Å². The van der Waals surface area contributed by atoms with Crippen molar-refractivity contribution in [3.63, 3.8) is 0 Å². The number of hydrogen-bond donors (Lipinski definition) is 0. The van der Waals surface area contributed by atoms with Crippen LogP contribution in [0.2, 0.25) is 0 Å². The number of ether oxygens (including phenoxy) is 1. The first kappa shape index (κ1) is 9.33. The van der Waals surface area contributed by atoms with Crippen molar-refractivity contribution < 1.29 is 14.3 Å². The summed E-state index contributed by atoms with van der Waals surface area (Å²) < 4.78 is 4.32. The SMILES string of the molecule is C=C=NC(=O)C(=C)OC(C)=O. The van der Waals surface area contributed by atoms with Gasteiger partial charge in [-0.1, -0.05) is 0 Å². The second-order valence-corrected chi connectivity index (χ2v) is 1.59. The van der Waals surface area contributed by atoms with Gasteiger partial charge < -0.3 is 4.74 Å². The highest BCUT2D eigenvalue weighted by Gasteiger charge is 2.07. The number of nitrogens with zero attached hydrogens (tertiary/aromatic N) is 1. The van der Waals surface area contributed by atoms with Crippen LogP contribution < -0.4 is 0 Å². The summed E-state index contributed by atoms with van der Waals surface area (Å²) in [5.74, 6) is 0.306. The van der Waals surface area contributed by atoms with Crippen LogP contribution in [0.4, 0.5) is 0 Å². The fourth-order valence-electron chi connectivity index (χ4n) is 0.351. The lowest BCUT2D eigenvalue weighted by molar-refractivity contribution is -0.140. The molecule has 0 spiro atoms. The van der Waals surface area contributed by atoms with Crippen LogP contribution in [0.25, 0.3) is 0 Å². The van der Waals surface area contributed by atoms with E-state index in [1.54, 1.807) is 0 Å². The Morgan fingerprint density at radius 3 is 2.45 bits per heavy atom. The second kappa shape index (κ2) is 4.19. The van der Waals surface area contributed by atoms with Crippen LogP contribution >= 0.6 is 0 Å². The maximum absolute atomic E-state index is 10.6. The number of carbonyl (C=O) groups excluding carboxylic acids is 2. The van der Waals surface area contributed by atoms with Gasteiger partial charge >= 0.3 is 11.9 Å². The van der Waals surface area contributed by atoms with Crippen LogP contribution in [-0.2, 0) is 14.3 Å². The highest BCUT2D eigenvalue weighted by molar-refractivity contribution is 5.96. The molecular weight excluding hydrogens is 146 g/mol. The van der Waals surface area contributed by atoms with Crippen molar-refractivity contribution in [2.45, 2.75) is 6.92 Å². The molecule has 0 unspecified atom stereocenters. The Morgan fingerprint density at radius 2 is 2.09 bits per heavy atom. The summed E-state index contributed by atoms with van der Waals surface area (Å²) >= 11 is 0. The average molecular weight is 153 g/mol. The van der Waals surface area contributed by atoms with Crippen LogP contribution in [0.1, 0.15) is 6.92 Å². The van der Waals surface area contributed by atoms with E-state index in [0.29, 0.717) is 0 Å². The summed E-state index contributed by atoms with van der Waals surface area (Å²) in [6.45, 7) is 7.39. The Kier molecular flexibility index (Phi) is 3.56. The molecule has 0 aliphatic rings. The number of hydrogen-bond acceptors (Lipinski definition) is 3. The molecule has 0 aliphatic heterocycles. The van der Waals surface area contributed by atoms with Crippen molar-refractivity contribution in [2.24, 2.45) is 4.99 Å². The van der Waals surface area contributed by atoms with E-state index in [-0.39, 0.29) is 5.76 Å². The molecule has 0 heterocycles. The van der Waals surface area contributed by atoms with E-state index >= 15 is 0 Å². The van der Waals surface area contributed by atoms with Crippen molar-refractivity contribution >= 4 is 17.7 Å². The first-order chi connectivity index (χ1) is 5.07. The summed E-state index contributed by atoms with van der Waals surface area (Å²) in [6.07, 6.45) is 0. The fourth-order valence-corrected chi connectivity index (χ4v) is 0.351. The minimum atomic E-state index is -0.754. The zero-order chi connectivity index (χ0) is 8.85. The maximum atomic E-state index is 10.6. The number of carbonyl (C=O) groups is 2. The number of rotatable bonds is 2.